The Kier molecular flexibility index (Phi) is 6.94. The summed E-state index contributed by atoms with van der Waals surface area (Å²) < 4.78 is 28.4. The zero-order valence-corrected chi connectivity index (χ0v) is 23.8. The Balaban J connectivity index is 1.66. The van der Waals surface area contributed by atoms with Gasteiger partial charge in [0.25, 0.3) is 0 Å². The van der Waals surface area contributed by atoms with Gasteiger partial charge >= 0.3 is 0 Å². The van der Waals surface area contributed by atoms with Gasteiger partial charge in [0.2, 0.25) is 10.0 Å². The van der Waals surface area contributed by atoms with Crippen LogP contribution in [-0.4, -0.2) is 29.3 Å². The monoisotopic (exact) mass is 565 g/mol. The third-order valence-electron chi connectivity index (χ3n) is 6.76. The van der Waals surface area contributed by atoms with Crippen LogP contribution in [0.15, 0.2) is 72.9 Å². The number of sulfonamides is 1. The predicted octanol–water partition coefficient (Wildman–Crippen LogP) is 6.00. The molecule has 5 rings (SSSR count). The van der Waals surface area contributed by atoms with E-state index in [4.69, 9.17) is 23.8 Å². The standard InChI is InChI=1S/C28H28ClN5O2S2/c1-17-15-20(12-13-23(17)32-38(4,35)36)34-27(26(31-28(34)37)24-10-7-8-14-30-24)21-16-18(2)33(19(21)3)25-11-6-5-9-22(25)29/h5-16,26-27,32H,1-4H3,(H,31,37)/t26-,27-/m0/s1. The van der Waals surface area contributed by atoms with E-state index >= 15 is 0 Å². The number of aryl methyl sites for hydroxylation is 2. The Hall–Kier alpha value is -3.40. The van der Waals surface area contributed by atoms with Crippen molar-refractivity contribution >= 4 is 50.3 Å². The molecule has 0 aliphatic carbocycles. The van der Waals surface area contributed by atoms with Crippen molar-refractivity contribution < 1.29 is 8.42 Å². The van der Waals surface area contributed by atoms with Crippen LogP contribution in [0, 0.1) is 20.8 Å². The van der Waals surface area contributed by atoms with E-state index in [2.05, 4.69) is 44.4 Å². The molecule has 1 aliphatic rings. The topological polar surface area (TPSA) is 79.3 Å². The van der Waals surface area contributed by atoms with Crippen LogP contribution in [-0.2, 0) is 10.0 Å². The van der Waals surface area contributed by atoms with Gasteiger partial charge in [0, 0.05) is 23.3 Å². The van der Waals surface area contributed by atoms with E-state index in [-0.39, 0.29) is 12.1 Å². The van der Waals surface area contributed by atoms with Crippen LogP contribution in [0.3, 0.4) is 0 Å². The molecule has 3 heterocycles. The maximum atomic E-state index is 11.8. The molecule has 1 aliphatic heterocycles. The molecule has 1 fully saturated rings. The average Bonchev–Trinajstić information content (AvgIpc) is 3.36. The quantitative estimate of drug-likeness (QED) is 0.279. The Bertz CT molecular complexity index is 1640. The number of halogens is 1. The number of nitrogens with zero attached hydrogens (tertiary/aromatic N) is 3. The molecule has 7 nitrogen and oxygen atoms in total. The fraction of sp³-hybridized carbons (Fsp3) is 0.214. The lowest BCUT2D eigenvalue weighted by Gasteiger charge is -2.29. The third-order valence-corrected chi connectivity index (χ3v) is 7.99. The highest BCUT2D eigenvalue weighted by Crippen LogP contribution is 2.44. The molecule has 2 N–H and O–H groups in total. The molecule has 196 valence electrons. The zero-order valence-electron chi connectivity index (χ0n) is 21.4. The van der Waals surface area contributed by atoms with Crippen molar-refractivity contribution in [2.24, 2.45) is 0 Å². The van der Waals surface area contributed by atoms with Crippen molar-refractivity contribution in [2.45, 2.75) is 32.9 Å². The number of hydrogen-bond acceptors (Lipinski definition) is 4. The van der Waals surface area contributed by atoms with E-state index in [1.807, 2.05) is 61.5 Å². The Morgan fingerprint density at radius 1 is 1.03 bits per heavy atom. The fourth-order valence-corrected chi connectivity index (χ4v) is 6.35. The summed E-state index contributed by atoms with van der Waals surface area (Å²) in [6.07, 6.45) is 2.92. The number of para-hydroxylation sites is 1. The summed E-state index contributed by atoms with van der Waals surface area (Å²) in [5.74, 6) is 0. The summed E-state index contributed by atoms with van der Waals surface area (Å²) in [4.78, 5) is 6.74. The number of rotatable bonds is 6. The van der Waals surface area contributed by atoms with Crippen LogP contribution in [0.1, 0.15) is 40.3 Å². The minimum atomic E-state index is -3.40. The first-order chi connectivity index (χ1) is 18.0. The lowest BCUT2D eigenvalue weighted by molar-refractivity contribution is 0.565. The highest BCUT2D eigenvalue weighted by atomic mass is 35.5. The van der Waals surface area contributed by atoms with Crippen molar-refractivity contribution in [1.29, 1.82) is 0 Å². The van der Waals surface area contributed by atoms with Gasteiger partial charge in [-0.3, -0.25) is 9.71 Å². The van der Waals surface area contributed by atoms with Gasteiger partial charge in [-0.2, -0.15) is 0 Å². The Morgan fingerprint density at radius 2 is 1.76 bits per heavy atom. The lowest BCUT2D eigenvalue weighted by atomic mass is 9.96. The van der Waals surface area contributed by atoms with Gasteiger partial charge in [0.15, 0.2) is 5.11 Å². The van der Waals surface area contributed by atoms with Gasteiger partial charge in [0.05, 0.1) is 40.4 Å². The molecule has 0 spiro atoms. The van der Waals surface area contributed by atoms with E-state index in [0.717, 1.165) is 45.8 Å². The molecule has 2 atom stereocenters. The Labute approximate surface area is 233 Å². The molecule has 0 radical (unpaired) electrons. The highest BCUT2D eigenvalue weighted by Gasteiger charge is 2.42. The smallest absolute Gasteiger partial charge is 0.229 e. The van der Waals surface area contributed by atoms with E-state index in [1.54, 1.807) is 12.3 Å². The van der Waals surface area contributed by atoms with Gasteiger partial charge < -0.3 is 14.8 Å². The number of nitrogens with one attached hydrogen (secondary N) is 2. The van der Waals surface area contributed by atoms with Crippen molar-refractivity contribution in [3.8, 4) is 5.69 Å². The predicted molar refractivity (Wildman–Crippen MR) is 158 cm³/mol. The van der Waals surface area contributed by atoms with E-state index in [9.17, 15) is 8.42 Å². The zero-order chi connectivity index (χ0) is 27.2. The maximum absolute atomic E-state index is 11.8. The minimum absolute atomic E-state index is 0.210. The van der Waals surface area contributed by atoms with Crippen molar-refractivity contribution in [3.05, 3.63) is 106 Å². The third kappa shape index (κ3) is 4.89. The summed E-state index contributed by atoms with van der Waals surface area (Å²) in [7, 11) is -3.40. The van der Waals surface area contributed by atoms with Crippen LogP contribution in [0.25, 0.3) is 5.69 Å². The van der Waals surface area contributed by atoms with Crippen LogP contribution in [0.2, 0.25) is 5.02 Å². The van der Waals surface area contributed by atoms with Gasteiger partial charge in [0.1, 0.15) is 0 Å². The molecular formula is C28H28ClN5O2S2. The summed E-state index contributed by atoms with van der Waals surface area (Å²) >= 11 is 12.5. The molecule has 0 saturated carbocycles. The van der Waals surface area contributed by atoms with Gasteiger partial charge in [-0.05, 0) is 92.6 Å². The molecule has 0 bridgehead atoms. The van der Waals surface area contributed by atoms with E-state index in [0.29, 0.717) is 15.8 Å². The molecule has 0 amide bonds. The second kappa shape index (κ2) is 10.1. The van der Waals surface area contributed by atoms with Crippen molar-refractivity contribution in [3.63, 3.8) is 0 Å². The van der Waals surface area contributed by atoms with Gasteiger partial charge in [-0.1, -0.05) is 29.8 Å². The van der Waals surface area contributed by atoms with Crippen LogP contribution >= 0.6 is 23.8 Å². The lowest BCUT2D eigenvalue weighted by Crippen LogP contribution is -2.29. The largest absolute Gasteiger partial charge is 0.351 e. The summed E-state index contributed by atoms with van der Waals surface area (Å²) in [6.45, 7) is 6.03. The second-order valence-electron chi connectivity index (χ2n) is 9.48. The summed E-state index contributed by atoms with van der Waals surface area (Å²) in [5, 5.41) is 4.73. The molecule has 10 heteroatoms. The van der Waals surface area contributed by atoms with Crippen molar-refractivity contribution in [2.75, 3.05) is 15.9 Å². The summed E-state index contributed by atoms with van der Waals surface area (Å²) in [6, 6.07) is 21.0. The number of anilines is 2. The maximum Gasteiger partial charge on any atom is 0.229 e. The van der Waals surface area contributed by atoms with Gasteiger partial charge in [-0.15, -0.1) is 0 Å². The molecule has 2 aromatic carbocycles. The number of hydrogen-bond donors (Lipinski definition) is 2. The normalized spacial score (nSPS) is 17.5. The molecule has 38 heavy (non-hydrogen) atoms. The first-order valence-corrected chi connectivity index (χ1v) is 14.8. The highest BCUT2D eigenvalue weighted by molar-refractivity contribution is 7.92. The second-order valence-corrected chi connectivity index (χ2v) is 12.0. The van der Waals surface area contributed by atoms with Crippen LogP contribution < -0.4 is 14.9 Å². The Morgan fingerprint density at radius 3 is 2.42 bits per heavy atom. The van der Waals surface area contributed by atoms with Crippen LogP contribution in [0.4, 0.5) is 11.4 Å². The first kappa shape index (κ1) is 26.2. The first-order valence-electron chi connectivity index (χ1n) is 12.1. The number of benzene rings is 2. The number of thiocarbonyl (C=S) groups is 1. The van der Waals surface area contributed by atoms with Gasteiger partial charge in [-0.25, -0.2) is 8.42 Å². The molecule has 1 saturated heterocycles. The van der Waals surface area contributed by atoms with Crippen LogP contribution in [0.5, 0.6) is 0 Å². The van der Waals surface area contributed by atoms with E-state index in [1.165, 1.54) is 0 Å². The number of aromatic nitrogens is 2. The average molecular weight is 566 g/mol. The number of pyridine rings is 1. The fourth-order valence-electron chi connectivity index (χ4n) is 5.15. The molecule has 2 aromatic heterocycles. The van der Waals surface area contributed by atoms with E-state index < -0.39 is 10.0 Å². The van der Waals surface area contributed by atoms with Crippen molar-refractivity contribution in [1.82, 2.24) is 14.9 Å². The SMILES string of the molecule is Cc1cc(N2C(=S)N[C@@H](c3ccccn3)[C@@H]2c2cc(C)n(-c3ccccc3Cl)c2C)ccc1NS(C)(=O)=O. The molecular weight excluding hydrogens is 538 g/mol. The summed E-state index contributed by atoms with van der Waals surface area (Å²) in [5.41, 5.74) is 7.14. The minimum Gasteiger partial charge on any atom is -0.351 e. The molecule has 0 unspecified atom stereocenters. The molecule has 4 aromatic rings.